The molecule has 0 saturated heterocycles. The fraction of sp³-hybridized carbons (Fsp3) is 0.733. The van der Waals surface area contributed by atoms with E-state index in [4.69, 9.17) is 5.11 Å². The second kappa shape index (κ2) is 5.76. The minimum absolute atomic E-state index is 0.00246. The number of rotatable bonds is 4. The number of hydrogen-bond acceptors (Lipinski definition) is 2. The Labute approximate surface area is 115 Å². The Hall–Kier alpha value is -1.32. The second-order valence-corrected chi connectivity index (χ2v) is 6.70. The Bertz CT molecular complexity index is 402. The van der Waals surface area contributed by atoms with Gasteiger partial charge in [0.05, 0.1) is 0 Å². The van der Waals surface area contributed by atoms with Crippen molar-refractivity contribution in [2.75, 3.05) is 6.54 Å². The van der Waals surface area contributed by atoms with Gasteiger partial charge in [0.25, 0.3) is 5.91 Å². The molecular weight excluding hydrogens is 242 g/mol. The highest BCUT2D eigenvalue weighted by Crippen LogP contribution is 2.29. The molecule has 1 amide bonds. The van der Waals surface area contributed by atoms with Crippen LogP contribution in [0.2, 0.25) is 0 Å². The summed E-state index contributed by atoms with van der Waals surface area (Å²) in [5.41, 5.74) is 0.817. The standard InChI is InChI=1S/C15H25NO3/c1-10(2)16(9-15(3,4)5)13(17)11-7-6-8-12(11)14(18)19/h10H,6-9H2,1-5H3,(H,18,19). The average Bonchev–Trinajstić information content (AvgIpc) is 2.72. The predicted molar refractivity (Wildman–Crippen MR) is 74.8 cm³/mol. The monoisotopic (exact) mass is 267 g/mol. The first kappa shape index (κ1) is 15.7. The number of carboxylic acids is 1. The minimum Gasteiger partial charge on any atom is -0.478 e. The second-order valence-electron chi connectivity index (χ2n) is 6.70. The van der Waals surface area contributed by atoms with Crippen molar-refractivity contribution in [3.63, 3.8) is 0 Å². The van der Waals surface area contributed by atoms with Crippen LogP contribution < -0.4 is 0 Å². The van der Waals surface area contributed by atoms with Gasteiger partial charge < -0.3 is 10.0 Å². The highest BCUT2D eigenvalue weighted by molar-refractivity contribution is 6.03. The number of carbonyl (C=O) groups is 2. The van der Waals surface area contributed by atoms with E-state index in [0.29, 0.717) is 30.5 Å². The summed E-state index contributed by atoms with van der Waals surface area (Å²) in [6.45, 7) is 10.8. The van der Waals surface area contributed by atoms with Gasteiger partial charge in [0.2, 0.25) is 0 Å². The highest BCUT2D eigenvalue weighted by Gasteiger charge is 2.31. The summed E-state index contributed by atoms with van der Waals surface area (Å²) < 4.78 is 0. The summed E-state index contributed by atoms with van der Waals surface area (Å²) in [7, 11) is 0. The van der Waals surface area contributed by atoms with E-state index < -0.39 is 5.97 Å². The first-order chi connectivity index (χ1) is 8.63. The lowest BCUT2D eigenvalue weighted by Crippen LogP contribution is -2.43. The van der Waals surface area contributed by atoms with E-state index in [0.717, 1.165) is 6.42 Å². The molecular formula is C15H25NO3. The van der Waals surface area contributed by atoms with Crippen LogP contribution in [0.25, 0.3) is 0 Å². The van der Waals surface area contributed by atoms with E-state index in [-0.39, 0.29) is 17.4 Å². The molecule has 108 valence electrons. The Morgan fingerprint density at radius 3 is 2.16 bits per heavy atom. The zero-order valence-corrected chi connectivity index (χ0v) is 12.6. The van der Waals surface area contributed by atoms with E-state index >= 15 is 0 Å². The van der Waals surface area contributed by atoms with Crippen molar-refractivity contribution in [1.29, 1.82) is 0 Å². The van der Waals surface area contributed by atoms with Crippen molar-refractivity contribution in [3.05, 3.63) is 11.1 Å². The maximum Gasteiger partial charge on any atom is 0.332 e. The SMILES string of the molecule is CC(C)N(CC(C)(C)C)C(=O)C1=C(C(=O)O)CCC1. The third kappa shape index (κ3) is 4.08. The third-order valence-electron chi connectivity index (χ3n) is 3.26. The lowest BCUT2D eigenvalue weighted by atomic mass is 9.94. The number of carbonyl (C=O) groups excluding carboxylic acids is 1. The maximum absolute atomic E-state index is 12.6. The molecule has 19 heavy (non-hydrogen) atoms. The molecule has 0 aromatic carbocycles. The van der Waals surface area contributed by atoms with Crippen molar-refractivity contribution in [2.24, 2.45) is 5.41 Å². The largest absolute Gasteiger partial charge is 0.478 e. The van der Waals surface area contributed by atoms with Crippen LogP contribution in [0.3, 0.4) is 0 Å². The first-order valence-corrected chi connectivity index (χ1v) is 6.90. The Kier molecular flexibility index (Phi) is 4.77. The van der Waals surface area contributed by atoms with Crippen LogP contribution in [0.4, 0.5) is 0 Å². The van der Waals surface area contributed by atoms with Crippen LogP contribution in [0, 0.1) is 5.41 Å². The summed E-state index contributed by atoms with van der Waals surface area (Å²) in [5, 5.41) is 9.16. The molecule has 0 aromatic rings. The summed E-state index contributed by atoms with van der Waals surface area (Å²) in [6.07, 6.45) is 1.87. The lowest BCUT2D eigenvalue weighted by Gasteiger charge is -2.33. The van der Waals surface area contributed by atoms with Gasteiger partial charge in [0.1, 0.15) is 0 Å². The minimum atomic E-state index is -0.944. The van der Waals surface area contributed by atoms with Gasteiger partial charge in [0, 0.05) is 23.7 Å². The summed E-state index contributed by atoms with van der Waals surface area (Å²) >= 11 is 0. The van der Waals surface area contributed by atoms with E-state index in [9.17, 15) is 9.59 Å². The molecule has 0 fully saturated rings. The summed E-state index contributed by atoms with van der Waals surface area (Å²) in [5.74, 6) is -1.04. The van der Waals surface area contributed by atoms with Gasteiger partial charge in [0.15, 0.2) is 0 Å². The molecule has 1 aliphatic rings. The van der Waals surface area contributed by atoms with E-state index in [1.807, 2.05) is 13.8 Å². The fourth-order valence-electron chi connectivity index (χ4n) is 2.39. The number of hydrogen-bond donors (Lipinski definition) is 1. The number of carboxylic acid groups (broad SMARTS) is 1. The number of aliphatic carboxylic acids is 1. The van der Waals surface area contributed by atoms with Gasteiger partial charge >= 0.3 is 5.97 Å². The van der Waals surface area contributed by atoms with Crippen LogP contribution in [-0.4, -0.2) is 34.5 Å². The van der Waals surface area contributed by atoms with Crippen LogP contribution >= 0.6 is 0 Å². The van der Waals surface area contributed by atoms with Crippen molar-refractivity contribution < 1.29 is 14.7 Å². The lowest BCUT2D eigenvalue weighted by molar-refractivity contribution is -0.134. The van der Waals surface area contributed by atoms with Crippen molar-refractivity contribution in [2.45, 2.75) is 59.9 Å². The Morgan fingerprint density at radius 1 is 1.21 bits per heavy atom. The predicted octanol–water partition coefficient (Wildman–Crippen LogP) is 2.83. The Balaban J connectivity index is 3.01. The molecule has 0 heterocycles. The summed E-state index contributed by atoms with van der Waals surface area (Å²) in [4.78, 5) is 25.5. The van der Waals surface area contributed by atoms with Crippen molar-refractivity contribution in [3.8, 4) is 0 Å². The first-order valence-electron chi connectivity index (χ1n) is 6.90. The molecule has 0 aliphatic heterocycles. The molecule has 0 aromatic heterocycles. The summed E-state index contributed by atoms with van der Waals surface area (Å²) in [6, 6.07) is 0.0786. The van der Waals surface area contributed by atoms with Crippen LogP contribution in [0.1, 0.15) is 53.9 Å². The van der Waals surface area contributed by atoms with Gasteiger partial charge in [-0.15, -0.1) is 0 Å². The maximum atomic E-state index is 12.6. The zero-order valence-electron chi connectivity index (χ0n) is 12.6. The van der Waals surface area contributed by atoms with E-state index in [1.165, 1.54) is 0 Å². The molecule has 1 aliphatic carbocycles. The fourth-order valence-corrected chi connectivity index (χ4v) is 2.39. The van der Waals surface area contributed by atoms with Gasteiger partial charge in [-0.05, 0) is 38.5 Å². The molecule has 4 nitrogen and oxygen atoms in total. The van der Waals surface area contributed by atoms with Crippen LogP contribution in [-0.2, 0) is 9.59 Å². The topological polar surface area (TPSA) is 57.6 Å². The van der Waals surface area contributed by atoms with Gasteiger partial charge in [-0.2, -0.15) is 0 Å². The smallest absolute Gasteiger partial charge is 0.332 e. The molecule has 0 radical (unpaired) electrons. The molecule has 0 spiro atoms. The van der Waals surface area contributed by atoms with Crippen LogP contribution in [0.5, 0.6) is 0 Å². The average molecular weight is 267 g/mol. The van der Waals surface area contributed by atoms with Crippen molar-refractivity contribution in [1.82, 2.24) is 4.90 Å². The molecule has 0 bridgehead atoms. The molecule has 4 heteroatoms. The molecule has 1 N–H and O–H groups in total. The highest BCUT2D eigenvalue weighted by atomic mass is 16.4. The molecule has 0 saturated carbocycles. The zero-order chi connectivity index (χ0) is 14.8. The van der Waals surface area contributed by atoms with E-state index in [2.05, 4.69) is 20.8 Å². The van der Waals surface area contributed by atoms with Crippen molar-refractivity contribution >= 4 is 11.9 Å². The third-order valence-corrected chi connectivity index (χ3v) is 3.26. The number of amides is 1. The number of nitrogens with zero attached hydrogens (tertiary/aromatic N) is 1. The van der Waals surface area contributed by atoms with Gasteiger partial charge in [-0.1, -0.05) is 20.8 Å². The Morgan fingerprint density at radius 2 is 1.74 bits per heavy atom. The normalized spacial score (nSPS) is 16.1. The van der Waals surface area contributed by atoms with Crippen LogP contribution in [0.15, 0.2) is 11.1 Å². The van der Waals surface area contributed by atoms with Gasteiger partial charge in [-0.25, -0.2) is 4.79 Å². The van der Waals surface area contributed by atoms with E-state index in [1.54, 1.807) is 4.90 Å². The molecule has 0 atom stereocenters. The van der Waals surface area contributed by atoms with Gasteiger partial charge in [-0.3, -0.25) is 4.79 Å². The quantitative estimate of drug-likeness (QED) is 0.852. The molecule has 0 unspecified atom stereocenters. The molecule has 1 rings (SSSR count).